The summed E-state index contributed by atoms with van der Waals surface area (Å²) in [5.74, 6) is -0.0749. The Kier molecular flexibility index (Phi) is 4.04. The maximum atomic E-state index is 12.5. The van der Waals surface area contributed by atoms with Gasteiger partial charge in [0.05, 0.1) is 23.5 Å². The largest absolute Gasteiger partial charge is 0.302 e. The van der Waals surface area contributed by atoms with Crippen molar-refractivity contribution in [2.75, 3.05) is 5.32 Å². The number of hydrogen-bond acceptors (Lipinski definition) is 5. The van der Waals surface area contributed by atoms with Gasteiger partial charge in [-0.1, -0.05) is 12.1 Å². The highest BCUT2D eigenvalue weighted by Gasteiger charge is 2.26. The molecular formula is C18H15N5OS. The van der Waals surface area contributed by atoms with Gasteiger partial charge < -0.3 is 5.32 Å². The summed E-state index contributed by atoms with van der Waals surface area (Å²) in [5, 5.41) is 21.4. The van der Waals surface area contributed by atoms with E-state index in [4.69, 9.17) is 5.26 Å². The number of aromatic amines is 1. The number of carbonyl (C=O) groups is 1. The molecule has 4 rings (SSSR count). The van der Waals surface area contributed by atoms with Crippen molar-refractivity contribution in [3.05, 3.63) is 52.7 Å². The first-order valence-corrected chi connectivity index (χ1v) is 8.89. The van der Waals surface area contributed by atoms with Crippen molar-refractivity contribution in [1.29, 1.82) is 5.26 Å². The molecule has 0 spiro atoms. The van der Waals surface area contributed by atoms with E-state index in [-0.39, 0.29) is 11.8 Å². The molecule has 7 heteroatoms. The minimum Gasteiger partial charge on any atom is -0.302 e. The van der Waals surface area contributed by atoms with Crippen molar-refractivity contribution in [1.82, 2.24) is 15.2 Å². The van der Waals surface area contributed by atoms with E-state index in [1.807, 2.05) is 23.7 Å². The van der Waals surface area contributed by atoms with Crippen molar-refractivity contribution < 1.29 is 4.79 Å². The van der Waals surface area contributed by atoms with Gasteiger partial charge in [-0.3, -0.25) is 9.89 Å². The van der Waals surface area contributed by atoms with Gasteiger partial charge in [-0.25, -0.2) is 4.98 Å². The first-order chi connectivity index (χ1) is 12.2. The zero-order valence-corrected chi connectivity index (χ0v) is 14.1. The lowest BCUT2D eigenvalue weighted by Gasteiger charge is -2.20. The monoisotopic (exact) mass is 349 g/mol. The number of benzene rings is 1. The molecule has 0 aliphatic heterocycles. The molecule has 3 aromatic rings. The quantitative estimate of drug-likeness (QED) is 0.759. The molecule has 1 aliphatic rings. The third-order valence-electron chi connectivity index (χ3n) is 4.41. The van der Waals surface area contributed by atoms with Crippen LogP contribution in [0, 0.1) is 17.2 Å². The zero-order valence-electron chi connectivity index (χ0n) is 13.3. The number of H-pyrrole nitrogens is 1. The Morgan fingerprint density at radius 1 is 1.44 bits per heavy atom. The summed E-state index contributed by atoms with van der Waals surface area (Å²) in [5.41, 5.74) is 4.48. The fourth-order valence-corrected chi connectivity index (χ4v) is 3.77. The Bertz CT molecular complexity index is 968. The van der Waals surface area contributed by atoms with Gasteiger partial charge in [-0.15, -0.1) is 11.3 Å². The average molecular weight is 349 g/mol. The molecule has 2 N–H and O–H groups in total. The van der Waals surface area contributed by atoms with Crippen LogP contribution in [-0.2, 0) is 17.6 Å². The fourth-order valence-electron chi connectivity index (χ4n) is 3.05. The Morgan fingerprint density at radius 3 is 3.24 bits per heavy atom. The topological polar surface area (TPSA) is 94.5 Å². The van der Waals surface area contributed by atoms with Gasteiger partial charge in [0.1, 0.15) is 0 Å². The lowest BCUT2D eigenvalue weighted by molar-refractivity contribution is -0.120. The lowest BCUT2D eigenvalue weighted by atomic mass is 9.87. The molecule has 6 nitrogen and oxygen atoms in total. The summed E-state index contributed by atoms with van der Waals surface area (Å²) in [6.07, 6.45) is 4.21. The predicted molar refractivity (Wildman–Crippen MR) is 95.0 cm³/mol. The van der Waals surface area contributed by atoms with E-state index >= 15 is 0 Å². The molecule has 1 aliphatic carbocycles. The van der Waals surface area contributed by atoms with Crippen LogP contribution in [0.1, 0.15) is 23.2 Å². The molecular weight excluding hydrogens is 334 g/mol. The second-order valence-corrected chi connectivity index (χ2v) is 6.89. The van der Waals surface area contributed by atoms with Crippen LogP contribution >= 0.6 is 11.3 Å². The zero-order chi connectivity index (χ0) is 17.2. The van der Waals surface area contributed by atoms with Crippen molar-refractivity contribution in [2.45, 2.75) is 19.3 Å². The Morgan fingerprint density at radius 2 is 2.36 bits per heavy atom. The summed E-state index contributed by atoms with van der Waals surface area (Å²) in [6, 6.07) is 9.41. The van der Waals surface area contributed by atoms with E-state index in [9.17, 15) is 4.79 Å². The molecule has 124 valence electrons. The molecule has 0 radical (unpaired) electrons. The van der Waals surface area contributed by atoms with Crippen LogP contribution in [0.2, 0.25) is 0 Å². The number of rotatable bonds is 3. The van der Waals surface area contributed by atoms with Crippen LogP contribution in [0.15, 0.2) is 35.8 Å². The van der Waals surface area contributed by atoms with Gasteiger partial charge in [0.25, 0.3) is 0 Å². The van der Waals surface area contributed by atoms with Crippen LogP contribution in [0.25, 0.3) is 11.3 Å². The minimum absolute atomic E-state index is 0.00748. The normalized spacial score (nSPS) is 16.0. The lowest BCUT2D eigenvalue weighted by Crippen LogP contribution is -2.28. The maximum absolute atomic E-state index is 12.5. The van der Waals surface area contributed by atoms with Crippen LogP contribution in [0.4, 0.5) is 5.13 Å². The number of nitriles is 1. The van der Waals surface area contributed by atoms with Crippen LogP contribution < -0.4 is 5.32 Å². The van der Waals surface area contributed by atoms with Crippen LogP contribution in [0.5, 0.6) is 0 Å². The van der Waals surface area contributed by atoms with Gasteiger partial charge in [-0.05, 0) is 30.5 Å². The fraction of sp³-hybridized carbons (Fsp3) is 0.222. The van der Waals surface area contributed by atoms with Gasteiger partial charge >= 0.3 is 0 Å². The third-order valence-corrected chi connectivity index (χ3v) is 5.17. The summed E-state index contributed by atoms with van der Waals surface area (Å²) in [4.78, 5) is 17.0. The van der Waals surface area contributed by atoms with Crippen LogP contribution in [-0.4, -0.2) is 21.1 Å². The van der Waals surface area contributed by atoms with E-state index in [0.29, 0.717) is 17.1 Å². The first kappa shape index (κ1) is 15.5. The molecule has 0 fully saturated rings. The van der Waals surface area contributed by atoms with E-state index in [1.165, 1.54) is 16.9 Å². The molecule has 1 unspecified atom stereocenters. The number of nitrogens with one attached hydrogen (secondary N) is 2. The molecule has 0 bridgehead atoms. The van der Waals surface area contributed by atoms with Crippen molar-refractivity contribution in [3.63, 3.8) is 0 Å². The summed E-state index contributed by atoms with van der Waals surface area (Å²) >= 11 is 1.39. The van der Waals surface area contributed by atoms with Gasteiger partial charge in [-0.2, -0.15) is 10.4 Å². The maximum Gasteiger partial charge on any atom is 0.229 e. The average Bonchev–Trinajstić information content (AvgIpc) is 3.30. The number of aryl methyl sites for hydroxylation is 1. The SMILES string of the molecule is N#Cc1cccc(-c2csc(NC(=O)C3CCc4cn[nH]c4C3)n2)c1. The summed E-state index contributed by atoms with van der Waals surface area (Å²) < 4.78 is 0. The minimum atomic E-state index is -0.0674. The van der Waals surface area contributed by atoms with Crippen molar-refractivity contribution >= 4 is 22.4 Å². The highest BCUT2D eigenvalue weighted by atomic mass is 32.1. The number of thiazole rings is 1. The van der Waals surface area contributed by atoms with Gasteiger partial charge in [0, 0.05) is 29.0 Å². The number of hydrogen-bond donors (Lipinski definition) is 2. The van der Waals surface area contributed by atoms with Crippen LogP contribution in [0.3, 0.4) is 0 Å². The third kappa shape index (κ3) is 3.16. The Labute approximate surface area is 148 Å². The second-order valence-electron chi connectivity index (χ2n) is 6.03. The van der Waals surface area contributed by atoms with Gasteiger partial charge in [0.2, 0.25) is 5.91 Å². The molecule has 2 aromatic heterocycles. The highest BCUT2D eigenvalue weighted by Crippen LogP contribution is 2.28. The van der Waals surface area contributed by atoms with E-state index in [0.717, 1.165) is 29.8 Å². The molecule has 2 heterocycles. The van der Waals surface area contributed by atoms with Crippen molar-refractivity contribution in [2.24, 2.45) is 5.92 Å². The number of amides is 1. The van der Waals surface area contributed by atoms with E-state index < -0.39 is 0 Å². The Balaban J connectivity index is 1.46. The predicted octanol–water partition coefficient (Wildman–Crippen LogP) is 3.15. The molecule has 0 saturated carbocycles. The number of fused-ring (bicyclic) bond motifs is 1. The number of anilines is 1. The molecule has 25 heavy (non-hydrogen) atoms. The molecule has 1 aromatic carbocycles. The standard InChI is InChI=1S/C18H15N5OS/c19-8-11-2-1-3-12(6-11)16-10-25-18(21-16)22-17(24)13-4-5-14-9-20-23-15(14)7-13/h1-3,6,9-10,13H,4-5,7H2,(H,20,23)(H,21,22,24). The first-order valence-electron chi connectivity index (χ1n) is 8.01. The number of nitrogens with zero attached hydrogens (tertiary/aromatic N) is 3. The van der Waals surface area contributed by atoms with E-state index in [2.05, 4.69) is 26.6 Å². The Hall–Kier alpha value is -2.98. The smallest absolute Gasteiger partial charge is 0.229 e. The number of carbonyl (C=O) groups excluding carboxylic acids is 1. The molecule has 0 saturated heterocycles. The van der Waals surface area contributed by atoms with E-state index in [1.54, 1.807) is 12.1 Å². The summed E-state index contributed by atoms with van der Waals surface area (Å²) in [6.45, 7) is 0. The second kappa shape index (κ2) is 6.49. The highest BCUT2D eigenvalue weighted by molar-refractivity contribution is 7.14. The number of aromatic nitrogens is 3. The molecule has 1 amide bonds. The molecule has 1 atom stereocenters. The van der Waals surface area contributed by atoms with Crippen molar-refractivity contribution in [3.8, 4) is 17.3 Å². The summed E-state index contributed by atoms with van der Waals surface area (Å²) in [7, 11) is 0. The van der Waals surface area contributed by atoms with Gasteiger partial charge in [0.15, 0.2) is 5.13 Å².